The largest absolute Gasteiger partial charge is 0.482 e. The van der Waals surface area contributed by atoms with Crippen LogP contribution in [0.5, 0.6) is 5.75 Å². The monoisotopic (exact) mass is 391 g/mol. The average Bonchev–Trinajstić information content (AvgIpc) is 2.66. The Hall–Kier alpha value is -3.24. The maximum atomic E-state index is 12.0. The zero-order chi connectivity index (χ0) is 19.7. The Morgan fingerprint density at radius 2 is 1.74 bits per heavy atom. The van der Waals surface area contributed by atoms with Gasteiger partial charge in [-0.25, -0.2) is 23.4 Å². The molecule has 0 aliphatic rings. The molecule has 0 aliphatic heterocycles. The predicted molar refractivity (Wildman–Crippen MR) is 96.9 cm³/mol. The topological polar surface area (TPSA) is 134 Å². The number of carbonyl (C=O) groups is 2. The van der Waals surface area contributed by atoms with E-state index < -0.39 is 35.1 Å². The van der Waals surface area contributed by atoms with E-state index in [0.717, 1.165) is 0 Å². The molecular formula is C17H17N3O6S. The number of carboxylic acid groups (broad SMARTS) is 1. The van der Waals surface area contributed by atoms with Crippen LogP contribution in [-0.2, 0) is 19.6 Å². The molecule has 0 atom stereocenters. The summed E-state index contributed by atoms with van der Waals surface area (Å²) in [6, 6.07) is 14.0. The number of carboxylic acids is 1. The number of nitrogens with one attached hydrogen (secondary N) is 2. The summed E-state index contributed by atoms with van der Waals surface area (Å²) in [6.45, 7) is -0.904. The summed E-state index contributed by atoms with van der Waals surface area (Å²) in [5.41, 5.74) is 2.83. The van der Waals surface area contributed by atoms with Gasteiger partial charge in [-0.05, 0) is 42.0 Å². The van der Waals surface area contributed by atoms with Crippen LogP contribution >= 0.6 is 0 Å². The molecule has 2 rings (SSSR count). The van der Waals surface area contributed by atoms with E-state index in [1.807, 2.05) is 0 Å². The van der Waals surface area contributed by atoms with Crippen LogP contribution in [0.15, 0.2) is 64.6 Å². The lowest BCUT2D eigenvalue weighted by Gasteiger charge is -2.05. The summed E-state index contributed by atoms with van der Waals surface area (Å²) in [4.78, 5) is 22.2. The van der Waals surface area contributed by atoms with Crippen LogP contribution in [-0.4, -0.2) is 44.8 Å². The number of hydrogen-bond acceptors (Lipinski definition) is 6. The molecule has 9 nitrogen and oxygen atoms in total. The molecule has 0 heterocycles. The standard InChI is InChI=1S/C17H17N3O6S/c21-16(11-19-27(24,25)15-4-2-1-3-5-15)20-18-10-13-6-8-14(9-7-13)26-12-17(22)23/h1-10,19H,11-12H2,(H,20,21)(H,22,23)/b18-10-. The van der Waals surface area contributed by atoms with Gasteiger partial charge in [0, 0.05) is 0 Å². The number of amides is 1. The first-order chi connectivity index (χ1) is 12.9. The molecule has 1 amide bonds. The smallest absolute Gasteiger partial charge is 0.341 e. The van der Waals surface area contributed by atoms with Crippen molar-refractivity contribution in [1.29, 1.82) is 0 Å². The van der Waals surface area contributed by atoms with Crippen molar-refractivity contribution < 1.29 is 27.9 Å². The first-order valence-electron chi connectivity index (χ1n) is 7.68. The first-order valence-corrected chi connectivity index (χ1v) is 9.16. The quantitative estimate of drug-likeness (QED) is 0.423. The Morgan fingerprint density at radius 1 is 1.07 bits per heavy atom. The third-order valence-corrected chi connectivity index (χ3v) is 4.54. The highest BCUT2D eigenvalue weighted by atomic mass is 32.2. The minimum atomic E-state index is -3.77. The van der Waals surface area contributed by atoms with Crippen molar-refractivity contribution >= 4 is 28.1 Å². The highest BCUT2D eigenvalue weighted by Crippen LogP contribution is 2.10. The number of aliphatic carboxylic acids is 1. The van der Waals surface area contributed by atoms with Gasteiger partial charge in [0.25, 0.3) is 5.91 Å². The number of nitrogens with zero attached hydrogens (tertiary/aromatic N) is 1. The van der Waals surface area contributed by atoms with Crippen LogP contribution in [0.25, 0.3) is 0 Å². The lowest BCUT2D eigenvalue weighted by molar-refractivity contribution is -0.139. The van der Waals surface area contributed by atoms with Crippen LogP contribution in [0.2, 0.25) is 0 Å². The maximum Gasteiger partial charge on any atom is 0.341 e. The number of carbonyl (C=O) groups excluding carboxylic acids is 1. The van der Waals surface area contributed by atoms with E-state index >= 15 is 0 Å². The van der Waals surface area contributed by atoms with Gasteiger partial charge in [0.15, 0.2) is 6.61 Å². The number of rotatable bonds is 9. The van der Waals surface area contributed by atoms with Crippen molar-refractivity contribution in [1.82, 2.24) is 10.1 Å². The van der Waals surface area contributed by atoms with E-state index in [-0.39, 0.29) is 4.90 Å². The Balaban J connectivity index is 1.80. The molecule has 0 bridgehead atoms. The lowest BCUT2D eigenvalue weighted by atomic mass is 10.2. The van der Waals surface area contributed by atoms with E-state index in [9.17, 15) is 18.0 Å². The third kappa shape index (κ3) is 6.88. The highest BCUT2D eigenvalue weighted by Gasteiger charge is 2.14. The van der Waals surface area contributed by atoms with Gasteiger partial charge in [0.05, 0.1) is 17.7 Å². The number of sulfonamides is 1. The SMILES string of the molecule is O=C(O)COc1ccc(/C=N\NC(=O)CNS(=O)(=O)c2ccccc2)cc1. The molecule has 10 heteroatoms. The van der Waals surface area contributed by atoms with Gasteiger partial charge in [0.2, 0.25) is 10.0 Å². The third-order valence-electron chi connectivity index (χ3n) is 3.12. The fourth-order valence-corrected chi connectivity index (χ4v) is 2.86. The molecule has 0 radical (unpaired) electrons. The molecule has 0 unspecified atom stereocenters. The van der Waals surface area contributed by atoms with Gasteiger partial charge in [-0.3, -0.25) is 4.79 Å². The number of benzene rings is 2. The molecule has 2 aromatic rings. The zero-order valence-corrected chi connectivity index (χ0v) is 14.8. The van der Waals surface area contributed by atoms with Crippen molar-refractivity contribution in [2.24, 2.45) is 5.10 Å². The molecule has 0 saturated heterocycles. The van der Waals surface area contributed by atoms with Crippen molar-refractivity contribution in [2.75, 3.05) is 13.2 Å². The molecule has 27 heavy (non-hydrogen) atoms. The summed E-state index contributed by atoms with van der Waals surface area (Å²) in [7, 11) is -3.77. The summed E-state index contributed by atoms with van der Waals surface area (Å²) in [5.74, 6) is -1.33. The van der Waals surface area contributed by atoms with Crippen molar-refractivity contribution in [3.05, 3.63) is 60.2 Å². The molecule has 0 spiro atoms. The molecule has 142 valence electrons. The molecule has 3 N–H and O–H groups in total. The summed E-state index contributed by atoms with van der Waals surface area (Å²) in [5, 5.41) is 12.3. The Morgan fingerprint density at radius 3 is 2.37 bits per heavy atom. The zero-order valence-electron chi connectivity index (χ0n) is 14.0. The summed E-state index contributed by atoms with van der Waals surface area (Å²) < 4.78 is 31.1. The van der Waals surface area contributed by atoms with Gasteiger partial charge in [-0.1, -0.05) is 18.2 Å². The molecule has 0 aliphatic carbocycles. The van der Waals surface area contributed by atoms with Crippen molar-refractivity contribution in [3.8, 4) is 5.75 Å². The van der Waals surface area contributed by atoms with E-state index in [1.165, 1.54) is 18.3 Å². The van der Waals surface area contributed by atoms with Crippen LogP contribution in [0.4, 0.5) is 0 Å². The van der Waals surface area contributed by atoms with E-state index in [4.69, 9.17) is 9.84 Å². The first kappa shape index (κ1) is 20.1. The van der Waals surface area contributed by atoms with Crippen molar-refractivity contribution in [3.63, 3.8) is 0 Å². The minimum Gasteiger partial charge on any atom is -0.482 e. The van der Waals surface area contributed by atoms with Crippen LogP contribution in [0.3, 0.4) is 0 Å². The van der Waals surface area contributed by atoms with Gasteiger partial charge in [-0.15, -0.1) is 0 Å². The van der Waals surface area contributed by atoms with Gasteiger partial charge in [0.1, 0.15) is 5.75 Å². The number of hydrazone groups is 1. The number of ether oxygens (including phenoxy) is 1. The second-order valence-electron chi connectivity index (χ2n) is 5.18. The molecule has 2 aromatic carbocycles. The Kier molecular flexibility index (Phi) is 7.03. The molecule has 0 aromatic heterocycles. The molecule has 0 fully saturated rings. The fourth-order valence-electron chi connectivity index (χ4n) is 1.86. The van der Waals surface area contributed by atoms with Crippen LogP contribution in [0.1, 0.15) is 5.56 Å². The Bertz CT molecular complexity index is 911. The Labute approximate surface area is 155 Å². The highest BCUT2D eigenvalue weighted by molar-refractivity contribution is 7.89. The predicted octanol–water partition coefficient (Wildman–Crippen LogP) is 0.579. The summed E-state index contributed by atoms with van der Waals surface area (Å²) in [6.07, 6.45) is 1.35. The van der Waals surface area contributed by atoms with Crippen LogP contribution in [0, 0.1) is 0 Å². The van der Waals surface area contributed by atoms with E-state index in [2.05, 4.69) is 15.2 Å². The second kappa shape index (κ2) is 9.46. The van der Waals surface area contributed by atoms with Gasteiger partial charge in [-0.2, -0.15) is 5.10 Å². The van der Waals surface area contributed by atoms with Gasteiger partial charge < -0.3 is 9.84 Å². The second-order valence-corrected chi connectivity index (χ2v) is 6.95. The van der Waals surface area contributed by atoms with Crippen molar-refractivity contribution in [2.45, 2.75) is 4.90 Å². The normalized spacial score (nSPS) is 11.3. The summed E-state index contributed by atoms with van der Waals surface area (Å²) >= 11 is 0. The van der Waals surface area contributed by atoms with E-state index in [1.54, 1.807) is 42.5 Å². The fraction of sp³-hybridized carbons (Fsp3) is 0.118. The van der Waals surface area contributed by atoms with E-state index in [0.29, 0.717) is 11.3 Å². The minimum absolute atomic E-state index is 0.0616. The number of hydrogen-bond donors (Lipinski definition) is 3. The average molecular weight is 391 g/mol. The van der Waals surface area contributed by atoms with Crippen LogP contribution < -0.4 is 14.9 Å². The maximum absolute atomic E-state index is 12.0. The van der Waals surface area contributed by atoms with Gasteiger partial charge >= 0.3 is 5.97 Å². The molecule has 0 saturated carbocycles. The molecular weight excluding hydrogens is 374 g/mol. The lowest BCUT2D eigenvalue weighted by Crippen LogP contribution is -2.34.